The van der Waals surface area contributed by atoms with Gasteiger partial charge in [-0.05, 0) is 37.6 Å². The van der Waals surface area contributed by atoms with Gasteiger partial charge in [0, 0.05) is 12.6 Å². The first-order valence-corrected chi connectivity index (χ1v) is 6.69. The summed E-state index contributed by atoms with van der Waals surface area (Å²) in [5.41, 5.74) is 1.19. The number of ether oxygens (including phenoxy) is 1. The molecule has 1 rings (SSSR count). The molecule has 1 atom stereocenters. The molecular weight excluding hydrogens is 240 g/mol. The molecule has 4 heteroatoms. The predicted octanol–water partition coefficient (Wildman–Crippen LogP) is 2.12. The fourth-order valence-electron chi connectivity index (χ4n) is 1.54. The zero-order valence-electron chi connectivity index (χ0n) is 12.2. The zero-order chi connectivity index (χ0) is 14.3. The normalized spacial score (nSPS) is 12.3. The molecule has 4 nitrogen and oxygen atoms in total. The van der Waals surface area contributed by atoms with Gasteiger partial charge in [-0.15, -0.1) is 0 Å². The quantitative estimate of drug-likeness (QED) is 0.793. The van der Waals surface area contributed by atoms with Crippen molar-refractivity contribution < 1.29 is 9.53 Å². The lowest BCUT2D eigenvalue weighted by Crippen LogP contribution is -2.31. The van der Waals surface area contributed by atoms with Crippen LogP contribution in [0.25, 0.3) is 0 Å². The standard InChI is InChI=1S/C15H24N2O2/c1-11(2)9-17-15(18)10-19-14-7-5-13(6-8-14)12(3)16-4/h5-8,11-12,16H,9-10H2,1-4H3,(H,17,18). The van der Waals surface area contributed by atoms with Gasteiger partial charge < -0.3 is 15.4 Å². The minimum absolute atomic E-state index is 0.0631. The summed E-state index contributed by atoms with van der Waals surface area (Å²) in [4.78, 5) is 11.5. The molecule has 0 heterocycles. The Labute approximate surface area is 115 Å². The van der Waals surface area contributed by atoms with Gasteiger partial charge in [-0.1, -0.05) is 26.0 Å². The van der Waals surface area contributed by atoms with E-state index in [1.807, 2.05) is 31.3 Å². The Balaban J connectivity index is 2.39. The lowest BCUT2D eigenvalue weighted by atomic mass is 10.1. The molecule has 0 aromatic heterocycles. The molecule has 0 bridgehead atoms. The molecule has 1 unspecified atom stereocenters. The van der Waals surface area contributed by atoms with Crippen LogP contribution in [-0.4, -0.2) is 26.1 Å². The average Bonchev–Trinajstić information content (AvgIpc) is 2.42. The Morgan fingerprint density at radius 2 is 1.84 bits per heavy atom. The van der Waals surface area contributed by atoms with Crippen LogP contribution in [-0.2, 0) is 4.79 Å². The van der Waals surface area contributed by atoms with E-state index in [4.69, 9.17) is 4.74 Å². The van der Waals surface area contributed by atoms with Gasteiger partial charge in [-0.3, -0.25) is 4.79 Å². The van der Waals surface area contributed by atoms with Crippen LogP contribution in [0.5, 0.6) is 5.75 Å². The molecule has 0 fully saturated rings. The molecule has 1 aromatic carbocycles. The van der Waals surface area contributed by atoms with Crippen LogP contribution in [0, 0.1) is 5.92 Å². The third-order valence-electron chi connectivity index (χ3n) is 2.89. The predicted molar refractivity (Wildman–Crippen MR) is 77.3 cm³/mol. The largest absolute Gasteiger partial charge is 0.484 e. The van der Waals surface area contributed by atoms with E-state index in [1.54, 1.807) is 0 Å². The Kier molecular flexibility index (Phi) is 6.36. The summed E-state index contributed by atoms with van der Waals surface area (Å²) < 4.78 is 5.44. The topological polar surface area (TPSA) is 50.4 Å². The van der Waals surface area contributed by atoms with Crippen LogP contribution in [0.3, 0.4) is 0 Å². The van der Waals surface area contributed by atoms with E-state index >= 15 is 0 Å². The van der Waals surface area contributed by atoms with Gasteiger partial charge in [0.05, 0.1) is 0 Å². The molecule has 0 aliphatic rings. The first-order valence-electron chi connectivity index (χ1n) is 6.69. The SMILES string of the molecule is CNC(C)c1ccc(OCC(=O)NCC(C)C)cc1. The summed E-state index contributed by atoms with van der Waals surface area (Å²) in [6.07, 6.45) is 0. The van der Waals surface area contributed by atoms with Gasteiger partial charge in [-0.25, -0.2) is 0 Å². The Morgan fingerprint density at radius 1 is 1.21 bits per heavy atom. The van der Waals surface area contributed by atoms with E-state index in [2.05, 4.69) is 31.4 Å². The average molecular weight is 264 g/mol. The van der Waals surface area contributed by atoms with Crippen LogP contribution in [0.2, 0.25) is 0 Å². The molecule has 1 amide bonds. The van der Waals surface area contributed by atoms with Crippen molar-refractivity contribution in [3.05, 3.63) is 29.8 Å². The lowest BCUT2D eigenvalue weighted by Gasteiger charge is -2.12. The van der Waals surface area contributed by atoms with Crippen molar-refractivity contribution in [3.8, 4) is 5.75 Å². The molecule has 106 valence electrons. The number of carbonyl (C=O) groups excluding carboxylic acids is 1. The van der Waals surface area contributed by atoms with E-state index in [9.17, 15) is 4.79 Å². The third-order valence-corrected chi connectivity index (χ3v) is 2.89. The van der Waals surface area contributed by atoms with Gasteiger partial charge in [0.25, 0.3) is 5.91 Å². The summed E-state index contributed by atoms with van der Waals surface area (Å²) in [5, 5.41) is 5.99. The second kappa shape index (κ2) is 7.79. The Morgan fingerprint density at radius 3 is 2.37 bits per heavy atom. The number of amides is 1. The monoisotopic (exact) mass is 264 g/mol. The number of hydrogen-bond acceptors (Lipinski definition) is 3. The molecule has 1 aromatic rings. The summed E-state index contributed by atoms with van der Waals surface area (Å²) >= 11 is 0. The third kappa shape index (κ3) is 5.75. The van der Waals surface area contributed by atoms with Crippen molar-refractivity contribution in [1.29, 1.82) is 0 Å². The van der Waals surface area contributed by atoms with Gasteiger partial charge >= 0.3 is 0 Å². The van der Waals surface area contributed by atoms with Gasteiger partial charge in [0.1, 0.15) is 5.75 Å². The number of hydrogen-bond donors (Lipinski definition) is 2. The molecule has 0 saturated heterocycles. The van der Waals surface area contributed by atoms with E-state index in [0.29, 0.717) is 24.3 Å². The molecule has 19 heavy (non-hydrogen) atoms. The van der Waals surface area contributed by atoms with E-state index in [0.717, 1.165) is 0 Å². The van der Waals surface area contributed by atoms with Crippen molar-refractivity contribution in [2.24, 2.45) is 5.92 Å². The summed E-state index contributed by atoms with van der Waals surface area (Å²) in [5.74, 6) is 1.08. The smallest absolute Gasteiger partial charge is 0.257 e. The van der Waals surface area contributed by atoms with Crippen molar-refractivity contribution >= 4 is 5.91 Å². The van der Waals surface area contributed by atoms with Gasteiger partial charge in [-0.2, -0.15) is 0 Å². The van der Waals surface area contributed by atoms with Gasteiger partial charge in [0.2, 0.25) is 0 Å². The highest BCUT2D eigenvalue weighted by atomic mass is 16.5. The maximum absolute atomic E-state index is 11.5. The maximum Gasteiger partial charge on any atom is 0.257 e. The van der Waals surface area contributed by atoms with E-state index in [1.165, 1.54) is 5.56 Å². The first-order chi connectivity index (χ1) is 9.02. The Hall–Kier alpha value is -1.55. The summed E-state index contributed by atoms with van der Waals surface area (Å²) in [6.45, 7) is 6.95. The number of nitrogens with one attached hydrogen (secondary N) is 2. The lowest BCUT2D eigenvalue weighted by molar-refractivity contribution is -0.123. The summed E-state index contributed by atoms with van der Waals surface area (Å²) in [7, 11) is 1.92. The fourth-order valence-corrected chi connectivity index (χ4v) is 1.54. The maximum atomic E-state index is 11.5. The van der Waals surface area contributed by atoms with Gasteiger partial charge in [0.15, 0.2) is 6.61 Å². The minimum Gasteiger partial charge on any atom is -0.484 e. The second-order valence-electron chi connectivity index (χ2n) is 5.07. The molecule has 0 aliphatic carbocycles. The molecule has 0 saturated carbocycles. The van der Waals surface area contributed by atoms with Crippen LogP contribution in [0.15, 0.2) is 24.3 Å². The van der Waals surface area contributed by atoms with E-state index in [-0.39, 0.29) is 12.5 Å². The van der Waals surface area contributed by atoms with Crippen molar-refractivity contribution in [2.45, 2.75) is 26.8 Å². The molecule has 0 radical (unpaired) electrons. The van der Waals surface area contributed by atoms with Crippen LogP contribution in [0.4, 0.5) is 0 Å². The van der Waals surface area contributed by atoms with Crippen LogP contribution in [0.1, 0.15) is 32.4 Å². The van der Waals surface area contributed by atoms with Crippen LogP contribution < -0.4 is 15.4 Å². The number of benzene rings is 1. The highest BCUT2D eigenvalue weighted by molar-refractivity contribution is 5.77. The number of carbonyl (C=O) groups is 1. The fraction of sp³-hybridized carbons (Fsp3) is 0.533. The van der Waals surface area contributed by atoms with Crippen molar-refractivity contribution in [2.75, 3.05) is 20.2 Å². The Bertz CT molecular complexity index is 388. The van der Waals surface area contributed by atoms with Crippen molar-refractivity contribution in [3.63, 3.8) is 0 Å². The second-order valence-corrected chi connectivity index (χ2v) is 5.07. The highest BCUT2D eigenvalue weighted by Gasteiger charge is 2.05. The van der Waals surface area contributed by atoms with E-state index < -0.39 is 0 Å². The number of rotatable bonds is 7. The molecule has 0 spiro atoms. The minimum atomic E-state index is -0.0821. The van der Waals surface area contributed by atoms with Crippen molar-refractivity contribution in [1.82, 2.24) is 10.6 Å². The molecule has 0 aliphatic heterocycles. The first kappa shape index (κ1) is 15.5. The molecule has 2 N–H and O–H groups in total. The highest BCUT2D eigenvalue weighted by Crippen LogP contribution is 2.17. The summed E-state index contributed by atoms with van der Waals surface area (Å²) in [6, 6.07) is 8.09. The molecular formula is C15H24N2O2. The zero-order valence-corrected chi connectivity index (χ0v) is 12.2. The van der Waals surface area contributed by atoms with Crippen LogP contribution >= 0.6 is 0 Å².